The van der Waals surface area contributed by atoms with E-state index in [2.05, 4.69) is 18.3 Å². The largest absolute Gasteiger partial charge is 0.389 e. The van der Waals surface area contributed by atoms with Crippen molar-refractivity contribution in [3.05, 3.63) is 35.1 Å². The Morgan fingerprint density at radius 2 is 2.15 bits per heavy atom. The standard InChI is InChI=1S/C16H21FN2O/c1-12-4-6-16(20,7-5-12)11-19-10-14-8-15(17)3-2-13(14)9-18/h2-3,8,12,19-20H,4-7,10-11H2,1H3. The predicted molar refractivity (Wildman–Crippen MR) is 75.4 cm³/mol. The second kappa shape index (κ2) is 6.34. The van der Waals surface area contributed by atoms with Gasteiger partial charge in [0.15, 0.2) is 0 Å². The fraction of sp³-hybridized carbons (Fsp3) is 0.562. The van der Waals surface area contributed by atoms with Crippen LogP contribution in [0.25, 0.3) is 0 Å². The molecule has 1 aliphatic rings. The molecule has 2 N–H and O–H groups in total. The topological polar surface area (TPSA) is 56.0 Å². The Balaban J connectivity index is 1.90. The van der Waals surface area contributed by atoms with Crippen LogP contribution in [0.3, 0.4) is 0 Å². The molecule has 2 rings (SSSR count). The Hall–Kier alpha value is -1.44. The lowest BCUT2D eigenvalue weighted by atomic mass is 9.79. The quantitative estimate of drug-likeness (QED) is 0.889. The van der Waals surface area contributed by atoms with Crippen LogP contribution in [0.1, 0.15) is 43.7 Å². The van der Waals surface area contributed by atoms with Gasteiger partial charge < -0.3 is 10.4 Å². The summed E-state index contributed by atoms with van der Waals surface area (Å²) in [7, 11) is 0. The SMILES string of the molecule is CC1CCC(O)(CNCc2cc(F)ccc2C#N)CC1. The van der Waals surface area contributed by atoms with Gasteiger partial charge in [0.1, 0.15) is 5.82 Å². The van der Waals surface area contributed by atoms with E-state index in [0.717, 1.165) is 25.7 Å². The molecule has 0 unspecified atom stereocenters. The van der Waals surface area contributed by atoms with Crippen LogP contribution in [-0.2, 0) is 6.54 Å². The summed E-state index contributed by atoms with van der Waals surface area (Å²) in [6.07, 6.45) is 3.69. The molecule has 108 valence electrons. The van der Waals surface area contributed by atoms with Crippen molar-refractivity contribution < 1.29 is 9.50 Å². The van der Waals surface area contributed by atoms with Gasteiger partial charge in [-0.2, -0.15) is 5.26 Å². The molecule has 0 radical (unpaired) electrons. The van der Waals surface area contributed by atoms with Crippen LogP contribution in [0.15, 0.2) is 18.2 Å². The molecule has 1 saturated carbocycles. The summed E-state index contributed by atoms with van der Waals surface area (Å²) >= 11 is 0. The Morgan fingerprint density at radius 3 is 2.80 bits per heavy atom. The Morgan fingerprint density at radius 1 is 1.45 bits per heavy atom. The zero-order valence-electron chi connectivity index (χ0n) is 11.8. The maximum Gasteiger partial charge on any atom is 0.123 e. The first-order valence-corrected chi connectivity index (χ1v) is 7.14. The van der Waals surface area contributed by atoms with Gasteiger partial charge in [0.2, 0.25) is 0 Å². The molecular formula is C16H21FN2O. The van der Waals surface area contributed by atoms with Crippen molar-refractivity contribution in [1.82, 2.24) is 5.32 Å². The van der Waals surface area contributed by atoms with Crippen LogP contribution in [0.4, 0.5) is 4.39 Å². The number of aliphatic hydroxyl groups is 1. The van der Waals surface area contributed by atoms with Crippen LogP contribution < -0.4 is 5.32 Å². The van der Waals surface area contributed by atoms with Gasteiger partial charge in [-0.15, -0.1) is 0 Å². The Kier molecular flexibility index (Phi) is 4.74. The van der Waals surface area contributed by atoms with Gasteiger partial charge in [-0.3, -0.25) is 0 Å². The molecule has 0 heterocycles. The second-order valence-corrected chi connectivity index (χ2v) is 5.92. The summed E-state index contributed by atoms with van der Waals surface area (Å²) in [6, 6.07) is 6.21. The first-order chi connectivity index (χ1) is 9.52. The van der Waals surface area contributed by atoms with E-state index >= 15 is 0 Å². The van der Waals surface area contributed by atoms with E-state index in [4.69, 9.17) is 5.26 Å². The minimum Gasteiger partial charge on any atom is -0.389 e. The minimum atomic E-state index is -0.660. The molecule has 1 aromatic rings. The predicted octanol–water partition coefficient (Wildman–Crippen LogP) is 2.73. The van der Waals surface area contributed by atoms with Gasteiger partial charge in [-0.05, 0) is 55.4 Å². The molecule has 0 amide bonds. The summed E-state index contributed by atoms with van der Waals surface area (Å²) < 4.78 is 13.2. The first-order valence-electron chi connectivity index (χ1n) is 7.14. The first kappa shape index (κ1) is 15.0. The molecule has 4 heteroatoms. The smallest absolute Gasteiger partial charge is 0.123 e. The van der Waals surface area contributed by atoms with Crippen LogP contribution in [0.2, 0.25) is 0 Å². The van der Waals surface area contributed by atoms with Crippen molar-refractivity contribution in [3.63, 3.8) is 0 Å². The monoisotopic (exact) mass is 276 g/mol. The fourth-order valence-corrected chi connectivity index (χ4v) is 2.72. The summed E-state index contributed by atoms with van der Waals surface area (Å²) in [6.45, 7) is 3.10. The molecule has 1 aliphatic carbocycles. The summed E-state index contributed by atoms with van der Waals surface area (Å²) in [5.74, 6) is 0.342. The molecule has 20 heavy (non-hydrogen) atoms. The zero-order chi connectivity index (χ0) is 14.6. The molecule has 0 saturated heterocycles. The number of benzene rings is 1. The van der Waals surface area contributed by atoms with Crippen molar-refractivity contribution in [2.75, 3.05) is 6.54 Å². The Labute approximate surface area is 119 Å². The molecule has 3 nitrogen and oxygen atoms in total. The average molecular weight is 276 g/mol. The number of hydrogen-bond donors (Lipinski definition) is 2. The molecule has 1 fully saturated rings. The summed E-state index contributed by atoms with van der Waals surface area (Å²) in [5.41, 5.74) is 0.454. The molecule has 0 atom stereocenters. The Bertz CT molecular complexity index is 502. The maximum absolute atomic E-state index is 13.2. The van der Waals surface area contributed by atoms with E-state index in [0.29, 0.717) is 30.1 Å². The average Bonchev–Trinajstić information content (AvgIpc) is 2.43. The highest BCUT2D eigenvalue weighted by atomic mass is 19.1. The molecule has 0 spiro atoms. The lowest BCUT2D eigenvalue weighted by Gasteiger charge is -2.35. The van der Waals surface area contributed by atoms with E-state index in [1.807, 2.05) is 0 Å². The van der Waals surface area contributed by atoms with Crippen molar-refractivity contribution in [3.8, 4) is 6.07 Å². The van der Waals surface area contributed by atoms with Gasteiger partial charge in [-0.1, -0.05) is 6.92 Å². The second-order valence-electron chi connectivity index (χ2n) is 5.92. The molecule has 1 aromatic carbocycles. The third-order valence-electron chi connectivity index (χ3n) is 4.16. The van der Waals surface area contributed by atoms with E-state index in [9.17, 15) is 9.50 Å². The van der Waals surface area contributed by atoms with Gasteiger partial charge >= 0.3 is 0 Å². The zero-order valence-corrected chi connectivity index (χ0v) is 11.8. The van der Waals surface area contributed by atoms with E-state index in [1.165, 1.54) is 18.2 Å². The van der Waals surface area contributed by atoms with Crippen molar-refractivity contribution in [1.29, 1.82) is 5.26 Å². The van der Waals surface area contributed by atoms with Crippen LogP contribution in [0, 0.1) is 23.1 Å². The van der Waals surface area contributed by atoms with Crippen LogP contribution in [-0.4, -0.2) is 17.3 Å². The van der Waals surface area contributed by atoms with Gasteiger partial charge in [0, 0.05) is 13.1 Å². The lowest BCUT2D eigenvalue weighted by molar-refractivity contribution is -0.00630. The lowest BCUT2D eigenvalue weighted by Crippen LogP contribution is -2.43. The number of rotatable bonds is 4. The third-order valence-corrected chi connectivity index (χ3v) is 4.16. The highest BCUT2D eigenvalue weighted by molar-refractivity contribution is 5.37. The van der Waals surface area contributed by atoms with Crippen molar-refractivity contribution in [2.45, 2.75) is 44.8 Å². The molecule has 0 aliphatic heterocycles. The van der Waals surface area contributed by atoms with E-state index in [-0.39, 0.29) is 5.82 Å². The van der Waals surface area contributed by atoms with Gasteiger partial charge in [0.05, 0.1) is 17.2 Å². The third kappa shape index (κ3) is 3.78. The van der Waals surface area contributed by atoms with Crippen molar-refractivity contribution in [2.24, 2.45) is 5.92 Å². The number of nitriles is 1. The molecular weight excluding hydrogens is 255 g/mol. The normalized spacial score (nSPS) is 26.2. The van der Waals surface area contributed by atoms with Crippen molar-refractivity contribution >= 4 is 0 Å². The molecule has 0 aromatic heterocycles. The summed E-state index contributed by atoms with van der Waals surface area (Å²) in [5, 5.41) is 22.6. The molecule has 0 bridgehead atoms. The van der Waals surface area contributed by atoms with Crippen LogP contribution >= 0.6 is 0 Å². The number of hydrogen-bond acceptors (Lipinski definition) is 3. The fourth-order valence-electron chi connectivity index (χ4n) is 2.72. The van der Waals surface area contributed by atoms with Gasteiger partial charge in [0.25, 0.3) is 0 Å². The van der Waals surface area contributed by atoms with Gasteiger partial charge in [-0.25, -0.2) is 4.39 Å². The highest BCUT2D eigenvalue weighted by Gasteiger charge is 2.31. The number of halogens is 1. The van der Waals surface area contributed by atoms with E-state index in [1.54, 1.807) is 0 Å². The maximum atomic E-state index is 13.2. The van der Waals surface area contributed by atoms with E-state index < -0.39 is 5.60 Å². The van der Waals surface area contributed by atoms with Crippen LogP contribution in [0.5, 0.6) is 0 Å². The number of nitrogens with zero attached hydrogens (tertiary/aromatic N) is 1. The summed E-state index contributed by atoms with van der Waals surface area (Å²) in [4.78, 5) is 0. The highest BCUT2D eigenvalue weighted by Crippen LogP contribution is 2.31. The number of nitrogens with one attached hydrogen (secondary N) is 1. The minimum absolute atomic E-state index is 0.342.